The Bertz CT molecular complexity index is 321. The van der Waals surface area contributed by atoms with Crippen LogP contribution >= 0.6 is 0 Å². The molecule has 14 heavy (non-hydrogen) atoms. The summed E-state index contributed by atoms with van der Waals surface area (Å²) in [4.78, 5) is 4.32. The van der Waals surface area contributed by atoms with E-state index in [1.54, 1.807) is 0 Å². The van der Waals surface area contributed by atoms with Crippen LogP contribution in [0.2, 0.25) is 0 Å². The summed E-state index contributed by atoms with van der Waals surface area (Å²) in [6.07, 6.45) is 4.60. The highest BCUT2D eigenvalue weighted by Crippen LogP contribution is 2.40. The summed E-state index contributed by atoms with van der Waals surface area (Å²) in [5.74, 6) is 1.81. The monoisotopic (exact) mass is 190 g/mol. The predicted molar refractivity (Wildman–Crippen MR) is 59.6 cm³/mol. The van der Waals surface area contributed by atoms with E-state index in [9.17, 15) is 0 Å². The van der Waals surface area contributed by atoms with Gasteiger partial charge in [-0.05, 0) is 57.2 Å². The van der Waals surface area contributed by atoms with Crippen molar-refractivity contribution in [1.29, 1.82) is 0 Å². The van der Waals surface area contributed by atoms with E-state index in [2.05, 4.69) is 43.2 Å². The van der Waals surface area contributed by atoms with Gasteiger partial charge in [-0.1, -0.05) is 0 Å². The van der Waals surface area contributed by atoms with Crippen LogP contribution in [0.25, 0.3) is 0 Å². The molecule has 1 aliphatic carbocycles. The van der Waals surface area contributed by atoms with E-state index in [-0.39, 0.29) is 5.54 Å². The summed E-state index contributed by atoms with van der Waals surface area (Å²) in [5, 5.41) is 3.39. The van der Waals surface area contributed by atoms with Gasteiger partial charge in [-0.2, -0.15) is 0 Å². The summed E-state index contributed by atoms with van der Waals surface area (Å²) in [6.45, 7) is 6.45. The second kappa shape index (κ2) is 3.26. The standard InChI is InChI=1S/C12H18N2/c1-12(2,3)14-11-8-10(6-7-13-11)9-4-5-9/h6-9H,4-5H2,1-3H3,(H,13,14). The van der Waals surface area contributed by atoms with Crippen LogP contribution in [0.3, 0.4) is 0 Å². The molecule has 0 radical (unpaired) electrons. The molecule has 1 saturated carbocycles. The molecular weight excluding hydrogens is 172 g/mol. The van der Waals surface area contributed by atoms with Crippen molar-refractivity contribution >= 4 is 5.82 Å². The van der Waals surface area contributed by atoms with Crippen molar-refractivity contribution in [1.82, 2.24) is 4.98 Å². The first-order valence-electron chi connectivity index (χ1n) is 5.29. The number of nitrogens with zero attached hydrogens (tertiary/aromatic N) is 1. The molecule has 0 aliphatic heterocycles. The van der Waals surface area contributed by atoms with Crippen molar-refractivity contribution in [3.8, 4) is 0 Å². The fraction of sp³-hybridized carbons (Fsp3) is 0.583. The van der Waals surface area contributed by atoms with E-state index in [1.165, 1.54) is 18.4 Å². The molecule has 2 rings (SSSR count). The second-order valence-corrected chi connectivity index (χ2v) is 5.12. The zero-order chi connectivity index (χ0) is 10.2. The minimum atomic E-state index is 0.0924. The topological polar surface area (TPSA) is 24.9 Å². The van der Waals surface area contributed by atoms with Crippen LogP contribution in [0.15, 0.2) is 18.3 Å². The number of hydrogen-bond acceptors (Lipinski definition) is 2. The average molecular weight is 190 g/mol. The highest BCUT2D eigenvalue weighted by Gasteiger charge is 2.23. The summed E-state index contributed by atoms with van der Waals surface area (Å²) in [6, 6.07) is 4.31. The normalized spacial score (nSPS) is 16.8. The van der Waals surface area contributed by atoms with Gasteiger partial charge in [-0.15, -0.1) is 0 Å². The molecular formula is C12H18N2. The van der Waals surface area contributed by atoms with E-state index in [1.807, 2.05) is 6.20 Å². The molecule has 0 spiro atoms. The van der Waals surface area contributed by atoms with Gasteiger partial charge in [0.2, 0.25) is 0 Å². The van der Waals surface area contributed by atoms with E-state index >= 15 is 0 Å². The van der Waals surface area contributed by atoms with Crippen LogP contribution in [0.5, 0.6) is 0 Å². The third-order valence-corrected chi connectivity index (χ3v) is 2.34. The van der Waals surface area contributed by atoms with Gasteiger partial charge < -0.3 is 5.32 Å². The van der Waals surface area contributed by atoms with E-state index in [0.717, 1.165) is 11.7 Å². The SMILES string of the molecule is CC(C)(C)Nc1cc(C2CC2)ccn1. The van der Waals surface area contributed by atoms with Gasteiger partial charge in [0, 0.05) is 11.7 Å². The summed E-state index contributed by atoms with van der Waals surface area (Å²) in [5.41, 5.74) is 1.53. The van der Waals surface area contributed by atoms with Crippen LogP contribution in [-0.4, -0.2) is 10.5 Å². The van der Waals surface area contributed by atoms with Crippen LogP contribution in [0.4, 0.5) is 5.82 Å². The van der Waals surface area contributed by atoms with Gasteiger partial charge in [0.05, 0.1) is 0 Å². The lowest BCUT2D eigenvalue weighted by atomic mass is 10.1. The third-order valence-electron chi connectivity index (χ3n) is 2.34. The van der Waals surface area contributed by atoms with Crippen LogP contribution < -0.4 is 5.32 Å². The van der Waals surface area contributed by atoms with Crippen LogP contribution in [0.1, 0.15) is 45.1 Å². The minimum absolute atomic E-state index is 0.0924. The molecule has 0 saturated heterocycles. The molecule has 0 atom stereocenters. The lowest BCUT2D eigenvalue weighted by molar-refractivity contribution is 0.630. The Labute approximate surface area is 85.7 Å². The van der Waals surface area contributed by atoms with Crippen molar-refractivity contribution < 1.29 is 0 Å². The number of anilines is 1. The molecule has 76 valence electrons. The van der Waals surface area contributed by atoms with E-state index in [4.69, 9.17) is 0 Å². The van der Waals surface area contributed by atoms with E-state index in [0.29, 0.717) is 0 Å². The first-order chi connectivity index (χ1) is 6.54. The number of pyridine rings is 1. The molecule has 1 aliphatic rings. The summed E-state index contributed by atoms with van der Waals surface area (Å²) >= 11 is 0. The molecule has 1 aromatic rings. The molecule has 1 heterocycles. The summed E-state index contributed by atoms with van der Waals surface area (Å²) < 4.78 is 0. The van der Waals surface area contributed by atoms with Crippen molar-refractivity contribution in [2.75, 3.05) is 5.32 Å². The Balaban J connectivity index is 2.13. The number of aromatic nitrogens is 1. The molecule has 2 heteroatoms. The van der Waals surface area contributed by atoms with Crippen molar-refractivity contribution in [3.05, 3.63) is 23.9 Å². The maximum atomic E-state index is 4.32. The molecule has 1 aromatic heterocycles. The molecule has 0 aromatic carbocycles. The largest absolute Gasteiger partial charge is 0.365 e. The predicted octanol–water partition coefficient (Wildman–Crippen LogP) is 3.17. The van der Waals surface area contributed by atoms with Crippen LogP contribution in [0, 0.1) is 0 Å². The zero-order valence-electron chi connectivity index (χ0n) is 9.17. The van der Waals surface area contributed by atoms with Gasteiger partial charge >= 0.3 is 0 Å². The smallest absolute Gasteiger partial charge is 0.126 e. The summed E-state index contributed by atoms with van der Waals surface area (Å²) in [7, 11) is 0. The fourth-order valence-corrected chi connectivity index (χ4v) is 1.57. The number of nitrogens with one attached hydrogen (secondary N) is 1. The lowest BCUT2D eigenvalue weighted by Gasteiger charge is -2.21. The van der Waals surface area contributed by atoms with Gasteiger partial charge in [-0.3, -0.25) is 0 Å². The Morgan fingerprint density at radius 3 is 2.64 bits per heavy atom. The highest BCUT2D eigenvalue weighted by molar-refractivity contribution is 5.41. The third kappa shape index (κ3) is 2.47. The van der Waals surface area contributed by atoms with Gasteiger partial charge in [0.1, 0.15) is 5.82 Å². The molecule has 2 nitrogen and oxygen atoms in total. The van der Waals surface area contributed by atoms with Gasteiger partial charge in [0.15, 0.2) is 0 Å². The molecule has 1 N–H and O–H groups in total. The zero-order valence-corrected chi connectivity index (χ0v) is 9.17. The minimum Gasteiger partial charge on any atom is -0.365 e. The maximum absolute atomic E-state index is 4.32. The van der Waals surface area contributed by atoms with Crippen molar-refractivity contribution in [3.63, 3.8) is 0 Å². The Morgan fingerprint density at radius 1 is 1.36 bits per heavy atom. The first-order valence-corrected chi connectivity index (χ1v) is 5.29. The Kier molecular flexibility index (Phi) is 2.22. The molecule has 0 bridgehead atoms. The average Bonchev–Trinajstić information content (AvgIpc) is 2.83. The fourth-order valence-electron chi connectivity index (χ4n) is 1.57. The Hall–Kier alpha value is -1.05. The highest BCUT2D eigenvalue weighted by atomic mass is 15.0. The maximum Gasteiger partial charge on any atom is 0.126 e. The molecule has 0 unspecified atom stereocenters. The van der Waals surface area contributed by atoms with Gasteiger partial charge in [0.25, 0.3) is 0 Å². The first kappa shape index (κ1) is 9.50. The molecule has 1 fully saturated rings. The number of rotatable bonds is 2. The quantitative estimate of drug-likeness (QED) is 0.774. The van der Waals surface area contributed by atoms with Crippen LogP contribution in [-0.2, 0) is 0 Å². The van der Waals surface area contributed by atoms with Gasteiger partial charge in [-0.25, -0.2) is 4.98 Å². The molecule has 0 amide bonds. The second-order valence-electron chi connectivity index (χ2n) is 5.12. The Morgan fingerprint density at radius 2 is 2.07 bits per heavy atom. The number of hydrogen-bond donors (Lipinski definition) is 1. The van der Waals surface area contributed by atoms with Crippen molar-refractivity contribution in [2.24, 2.45) is 0 Å². The van der Waals surface area contributed by atoms with E-state index < -0.39 is 0 Å². The lowest BCUT2D eigenvalue weighted by Crippen LogP contribution is -2.26. The van der Waals surface area contributed by atoms with Crippen molar-refractivity contribution in [2.45, 2.75) is 45.1 Å².